The smallest absolute Gasteiger partial charge is 0.135 e. The normalized spacial score (nSPS) is 43.2. The molecule has 0 radical (unpaired) electrons. The Morgan fingerprint density at radius 1 is 1.41 bits per heavy atom. The number of aliphatic hydroxyl groups is 1. The lowest BCUT2D eigenvalue weighted by molar-refractivity contribution is -0.125. The van der Waals surface area contributed by atoms with Crippen molar-refractivity contribution in [1.82, 2.24) is 0 Å². The summed E-state index contributed by atoms with van der Waals surface area (Å²) < 4.78 is 0. The fourth-order valence-electron chi connectivity index (χ4n) is 4.07. The first-order valence-electron chi connectivity index (χ1n) is 7.19. The van der Waals surface area contributed by atoms with Gasteiger partial charge in [-0.1, -0.05) is 20.8 Å². The fraction of sp³-hybridized carbons (Fsp3) is 0.933. The Hall–Kier alpha value is -0.370. The molecule has 2 saturated carbocycles. The zero-order valence-electron chi connectivity index (χ0n) is 11.4. The molecule has 1 N–H and O–H groups in total. The lowest BCUT2D eigenvalue weighted by Gasteiger charge is -2.43. The third-order valence-electron chi connectivity index (χ3n) is 5.69. The number of ketones is 1. The molecule has 0 spiro atoms. The van der Waals surface area contributed by atoms with Crippen molar-refractivity contribution in [3.05, 3.63) is 0 Å². The van der Waals surface area contributed by atoms with E-state index in [9.17, 15) is 9.90 Å². The first kappa shape index (κ1) is 13.1. The van der Waals surface area contributed by atoms with Gasteiger partial charge in [0.05, 0.1) is 6.10 Å². The van der Waals surface area contributed by atoms with E-state index in [1.54, 1.807) is 0 Å². The average molecular weight is 238 g/mol. The predicted octanol–water partition coefficient (Wildman–Crippen LogP) is 3.18. The van der Waals surface area contributed by atoms with Crippen LogP contribution >= 0.6 is 0 Å². The highest BCUT2D eigenvalue weighted by Gasteiger charge is 2.49. The van der Waals surface area contributed by atoms with Gasteiger partial charge in [-0.3, -0.25) is 4.79 Å². The molecule has 98 valence electrons. The van der Waals surface area contributed by atoms with Gasteiger partial charge in [0.2, 0.25) is 0 Å². The number of hydrogen-bond acceptors (Lipinski definition) is 2. The van der Waals surface area contributed by atoms with Gasteiger partial charge in [-0.05, 0) is 49.4 Å². The Morgan fingerprint density at radius 3 is 2.76 bits per heavy atom. The molecular weight excluding hydrogens is 212 g/mol. The quantitative estimate of drug-likeness (QED) is 0.820. The summed E-state index contributed by atoms with van der Waals surface area (Å²) in [5, 5.41) is 10.1. The number of hydrogen-bond donors (Lipinski definition) is 1. The first-order chi connectivity index (χ1) is 7.99. The van der Waals surface area contributed by atoms with Crippen LogP contribution < -0.4 is 0 Å². The van der Waals surface area contributed by atoms with Crippen LogP contribution in [0.3, 0.4) is 0 Å². The molecule has 5 atom stereocenters. The largest absolute Gasteiger partial charge is 0.393 e. The van der Waals surface area contributed by atoms with Gasteiger partial charge >= 0.3 is 0 Å². The minimum absolute atomic E-state index is 0.106. The molecule has 0 aromatic heterocycles. The highest BCUT2D eigenvalue weighted by molar-refractivity contribution is 5.80. The average Bonchev–Trinajstić information content (AvgIpc) is 2.63. The van der Waals surface area contributed by atoms with Crippen LogP contribution in [0.15, 0.2) is 0 Å². The van der Waals surface area contributed by atoms with E-state index in [0.717, 1.165) is 32.1 Å². The van der Waals surface area contributed by atoms with Crippen molar-refractivity contribution in [1.29, 1.82) is 0 Å². The van der Waals surface area contributed by atoms with Crippen molar-refractivity contribution in [2.24, 2.45) is 23.2 Å². The molecule has 0 aromatic rings. The molecule has 2 nitrogen and oxygen atoms in total. The SMILES string of the molecule is CCC(=O)C(C)C1CCC2(C)C(O)CCC2C1. The van der Waals surface area contributed by atoms with Gasteiger partial charge in [-0.2, -0.15) is 0 Å². The number of carbonyl (C=O) groups excluding carboxylic acids is 1. The summed E-state index contributed by atoms with van der Waals surface area (Å²) in [7, 11) is 0. The van der Waals surface area contributed by atoms with Crippen LogP contribution in [0.25, 0.3) is 0 Å². The van der Waals surface area contributed by atoms with E-state index in [4.69, 9.17) is 0 Å². The molecule has 0 aliphatic heterocycles. The predicted molar refractivity (Wildman–Crippen MR) is 68.6 cm³/mol. The summed E-state index contributed by atoms with van der Waals surface area (Å²) in [4.78, 5) is 11.8. The van der Waals surface area contributed by atoms with Gasteiger partial charge in [0.1, 0.15) is 5.78 Å². The molecule has 17 heavy (non-hydrogen) atoms. The van der Waals surface area contributed by atoms with Crippen LogP contribution in [0.2, 0.25) is 0 Å². The number of Topliss-reactive ketones (excluding diaryl/α,β-unsaturated/α-hetero) is 1. The van der Waals surface area contributed by atoms with E-state index in [1.165, 1.54) is 0 Å². The number of fused-ring (bicyclic) bond motifs is 1. The lowest BCUT2D eigenvalue weighted by atomic mass is 9.62. The Morgan fingerprint density at radius 2 is 2.12 bits per heavy atom. The Balaban J connectivity index is 2.02. The number of carbonyl (C=O) groups is 1. The molecule has 5 unspecified atom stereocenters. The maximum Gasteiger partial charge on any atom is 0.135 e. The number of aliphatic hydroxyl groups excluding tert-OH is 1. The van der Waals surface area contributed by atoms with Crippen LogP contribution in [0.1, 0.15) is 59.3 Å². The number of rotatable bonds is 3. The zero-order valence-corrected chi connectivity index (χ0v) is 11.4. The van der Waals surface area contributed by atoms with Gasteiger partial charge in [0.15, 0.2) is 0 Å². The van der Waals surface area contributed by atoms with Crippen LogP contribution in [-0.2, 0) is 4.79 Å². The Kier molecular flexibility index (Phi) is 3.63. The van der Waals surface area contributed by atoms with Crippen molar-refractivity contribution >= 4 is 5.78 Å². The van der Waals surface area contributed by atoms with Crippen LogP contribution in [0.4, 0.5) is 0 Å². The van der Waals surface area contributed by atoms with Gasteiger partial charge in [-0.25, -0.2) is 0 Å². The highest BCUT2D eigenvalue weighted by Crippen LogP contribution is 2.54. The summed E-state index contributed by atoms with van der Waals surface area (Å²) >= 11 is 0. The van der Waals surface area contributed by atoms with Gasteiger partial charge < -0.3 is 5.11 Å². The van der Waals surface area contributed by atoms with Gasteiger partial charge in [0, 0.05) is 12.3 Å². The maximum absolute atomic E-state index is 11.8. The first-order valence-corrected chi connectivity index (χ1v) is 7.19. The Labute approximate surface area is 105 Å². The second-order valence-electron chi connectivity index (χ2n) is 6.44. The van der Waals surface area contributed by atoms with E-state index < -0.39 is 0 Å². The minimum atomic E-state index is -0.106. The molecule has 2 rings (SSSR count). The lowest BCUT2D eigenvalue weighted by Crippen LogP contribution is -2.39. The topological polar surface area (TPSA) is 37.3 Å². The van der Waals surface area contributed by atoms with Crippen molar-refractivity contribution in [2.75, 3.05) is 0 Å². The molecule has 0 aromatic carbocycles. The van der Waals surface area contributed by atoms with Crippen molar-refractivity contribution in [3.63, 3.8) is 0 Å². The van der Waals surface area contributed by atoms with Crippen molar-refractivity contribution < 1.29 is 9.90 Å². The molecule has 2 aliphatic carbocycles. The second kappa shape index (κ2) is 4.72. The molecule has 0 saturated heterocycles. The van der Waals surface area contributed by atoms with Crippen LogP contribution in [0.5, 0.6) is 0 Å². The summed E-state index contributed by atoms with van der Waals surface area (Å²) in [6, 6.07) is 0. The third kappa shape index (κ3) is 2.16. The summed E-state index contributed by atoms with van der Waals surface area (Å²) in [5.74, 6) is 1.84. The molecular formula is C15H26O2. The van der Waals surface area contributed by atoms with E-state index in [0.29, 0.717) is 24.0 Å². The summed E-state index contributed by atoms with van der Waals surface area (Å²) in [5.41, 5.74) is 0.144. The molecule has 2 fully saturated rings. The molecule has 2 aliphatic rings. The fourth-order valence-corrected chi connectivity index (χ4v) is 4.07. The van der Waals surface area contributed by atoms with Crippen molar-refractivity contribution in [2.45, 2.75) is 65.4 Å². The highest BCUT2D eigenvalue weighted by atomic mass is 16.3. The van der Waals surface area contributed by atoms with E-state index in [1.807, 2.05) is 6.92 Å². The standard InChI is InChI=1S/C15H26O2/c1-4-13(16)10(2)11-7-8-15(3)12(9-11)5-6-14(15)17/h10-12,14,17H,4-9H2,1-3H3. The molecule has 0 amide bonds. The molecule has 0 bridgehead atoms. The summed E-state index contributed by atoms with van der Waals surface area (Å²) in [6.45, 7) is 6.31. The zero-order chi connectivity index (χ0) is 12.6. The second-order valence-corrected chi connectivity index (χ2v) is 6.44. The van der Waals surface area contributed by atoms with Gasteiger partial charge in [-0.15, -0.1) is 0 Å². The van der Waals surface area contributed by atoms with E-state index in [-0.39, 0.29) is 17.4 Å². The van der Waals surface area contributed by atoms with Crippen LogP contribution in [-0.4, -0.2) is 17.0 Å². The Bertz CT molecular complexity index is 299. The third-order valence-corrected chi connectivity index (χ3v) is 5.69. The van der Waals surface area contributed by atoms with E-state index >= 15 is 0 Å². The molecule has 0 heterocycles. The molecule has 2 heteroatoms. The summed E-state index contributed by atoms with van der Waals surface area (Å²) in [6.07, 6.45) is 6.06. The monoisotopic (exact) mass is 238 g/mol. The van der Waals surface area contributed by atoms with Crippen molar-refractivity contribution in [3.8, 4) is 0 Å². The maximum atomic E-state index is 11.8. The van der Waals surface area contributed by atoms with Gasteiger partial charge in [0.25, 0.3) is 0 Å². The van der Waals surface area contributed by atoms with Crippen LogP contribution in [0, 0.1) is 23.2 Å². The van der Waals surface area contributed by atoms with E-state index in [2.05, 4.69) is 13.8 Å². The minimum Gasteiger partial charge on any atom is -0.393 e.